The first-order chi connectivity index (χ1) is 10.2. The molecule has 22 heavy (non-hydrogen) atoms. The van der Waals surface area contributed by atoms with E-state index in [2.05, 4.69) is 0 Å². The van der Waals surface area contributed by atoms with Crippen molar-refractivity contribution < 1.29 is 13.2 Å². The van der Waals surface area contributed by atoms with Crippen molar-refractivity contribution in [3.8, 4) is 0 Å². The Bertz CT molecular complexity index is 662. The van der Waals surface area contributed by atoms with Gasteiger partial charge in [0.15, 0.2) is 10.2 Å². The Balaban J connectivity index is 2.09. The molecule has 2 unspecified atom stereocenters. The highest BCUT2D eigenvalue weighted by Gasteiger charge is 2.44. The number of hydrogen-bond donors (Lipinski definition) is 1. The van der Waals surface area contributed by atoms with Gasteiger partial charge in [0.25, 0.3) is 0 Å². The third-order valence-electron chi connectivity index (χ3n) is 3.80. The van der Waals surface area contributed by atoms with E-state index in [1.165, 1.54) is 6.07 Å². The molecule has 118 valence electrons. The van der Waals surface area contributed by atoms with Gasteiger partial charge in [-0.1, -0.05) is 6.92 Å². The van der Waals surface area contributed by atoms with E-state index in [0.29, 0.717) is 17.3 Å². The number of anilines is 1. The summed E-state index contributed by atoms with van der Waals surface area (Å²) in [6, 6.07) is 3.71. The van der Waals surface area contributed by atoms with Crippen LogP contribution in [0.25, 0.3) is 0 Å². The molecule has 0 saturated carbocycles. The van der Waals surface area contributed by atoms with Crippen LogP contribution >= 0.6 is 36.2 Å². The number of hydrogen-bond acceptors (Lipinski definition) is 3. The minimum atomic E-state index is -4.39. The summed E-state index contributed by atoms with van der Waals surface area (Å²) in [5.74, 6) is 0. The van der Waals surface area contributed by atoms with Gasteiger partial charge >= 0.3 is 6.18 Å². The number of nitrogens with zero attached hydrogens (tertiary/aromatic N) is 2. The summed E-state index contributed by atoms with van der Waals surface area (Å²) in [5.41, 5.74) is 5.46. The Morgan fingerprint density at radius 1 is 1.41 bits per heavy atom. The molecule has 0 aliphatic carbocycles. The molecule has 0 bridgehead atoms. The fourth-order valence-corrected chi connectivity index (χ4v) is 4.52. The van der Waals surface area contributed by atoms with E-state index in [9.17, 15) is 13.2 Å². The summed E-state index contributed by atoms with van der Waals surface area (Å²) >= 11 is 11.9. The van der Waals surface area contributed by atoms with E-state index in [0.717, 1.165) is 17.0 Å². The molecule has 3 nitrogen and oxygen atoms in total. The average Bonchev–Trinajstić information content (AvgIpc) is 2.76. The quantitative estimate of drug-likeness (QED) is 0.713. The highest BCUT2D eigenvalue weighted by atomic mass is 32.2. The largest absolute Gasteiger partial charge is 0.416 e. The van der Waals surface area contributed by atoms with Gasteiger partial charge in [0.05, 0.1) is 17.3 Å². The van der Waals surface area contributed by atoms with E-state index >= 15 is 0 Å². The normalized spacial score (nSPS) is 24.3. The fraction of sp³-hybridized carbons (Fsp3) is 0.385. The lowest BCUT2D eigenvalue weighted by Crippen LogP contribution is -2.43. The van der Waals surface area contributed by atoms with E-state index in [1.54, 1.807) is 21.6 Å². The maximum atomic E-state index is 13.0. The van der Waals surface area contributed by atoms with Crippen molar-refractivity contribution in [2.45, 2.75) is 29.3 Å². The number of rotatable bonds is 0. The van der Waals surface area contributed by atoms with Gasteiger partial charge in [-0.2, -0.15) is 13.2 Å². The predicted octanol–water partition coefficient (Wildman–Crippen LogP) is 3.22. The first-order valence-corrected chi connectivity index (χ1v) is 8.18. The molecule has 1 fully saturated rings. The van der Waals surface area contributed by atoms with Crippen LogP contribution in [0.4, 0.5) is 18.9 Å². The minimum absolute atomic E-state index is 0.0463. The molecule has 0 amide bonds. The molecule has 0 aromatic heterocycles. The molecule has 0 spiro atoms. The van der Waals surface area contributed by atoms with Gasteiger partial charge < -0.3 is 10.6 Å². The number of thioether (sulfide) groups is 1. The zero-order chi connectivity index (χ0) is 16.2. The van der Waals surface area contributed by atoms with E-state index in [-0.39, 0.29) is 16.4 Å². The first kappa shape index (κ1) is 15.8. The molecular formula is C13H12F3N3S3. The molecular weight excluding hydrogens is 351 g/mol. The molecule has 0 radical (unpaired) electrons. The van der Waals surface area contributed by atoms with Gasteiger partial charge in [-0.3, -0.25) is 4.90 Å². The lowest BCUT2D eigenvalue weighted by molar-refractivity contribution is -0.137. The zero-order valence-corrected chi connectivity index (χ0v) is 13.9. The Labute approximate surface area is 140 Å². The van der Waals surface area contributed by atoms with Gasteiger partial charge in [0.1, 0.15) is 0 Å². The van der Waals surface area contributed by atoms with Crippen molar-refractivity contribution in [1.82, 2.24) is 4.90 Å². The molecule has 2 atom stereocenters. The van der Waals surface area contributed by atoms with Crippen LogP contribution in [-0.4, -0.2) is 33.0 Å². The van der Waals surface area contributed by atoms with E-state index in [1.807, 2.05) is 6.92 Å². The SMILES string of the molecule is CC1Sc2ccc(C(F)(F)F)cc2N2C(=S)N(C(N)=S)CC12. The lowest BCUT2D eigenvalue weighted by atomic mass is 10.1. The van der Waals surface area contributed by atoms with Crippen LogP contribution in [0.3, 0.4) is 0 Å². The molecule has 1 aromatic carbocycles. The maximum absolute atomic E-state index is 13.0. The number of thiocarbonyl (C=S) groups is 2. The Morgan fingerprint density at radius 2 is 2.09 bits per heavy atom. The first-order valence-electron chi connectivity index (χ1n) is 6.48. The second-order valence-corrected chi connectivity index (χ2v) is 7.37. The van der Waals surface area contributed by atoms with Crippen molar-refractivity contribution >= 4 is 52.1 Å². The second-order valence-electron chi connectivity index (χ2n) is 5.17. The summed E-state index contributed by atoms with van der Waals surface area (Å²) in [5, 5.41) is 0.678. The van der Waals surface area contributed by atoms with Crippen molar-refractivity contribution in [3.63, 3.8) is 0 Å². The van der Waals surface area contributed by atoms with Crippen LogP contribution in [0.15, 0.2) is 23.1 Å². The standard InChI is InChI=1S/C13H12F3N3S3/c1-6-9-5-18(11(17)20)12(21)19(9)8-4-7(13(14,15)16)2-3-10(8)22-6/h2-4,6,9H,5H2,1H3,(H2,17,20). The summed E-state index contributed by atoms with van der Waals surface area (Å²) in [6.45, 7) is 2.52. The van der Waals surface area contributed by atoms with Gasteiger partial charge in [0.2, 0.25) is 0 Å². The predicted molar refractivity (Wildman–Crippen MR) is 89.1 cm³/mol. The number of nitrogens with two attached hydrogens (primary N) is 1. The zero-order valence-electron chi connectivity index (χ0n) is 11.4. The van der Waals surface area contributed by atoms with Crippen LogP contribution in [0.1, 0.15) is 12.5 Å². The maximum Gasteiger partial charge on any atom is 0.416 e. The van der Waals surface area contributed by atoms with Gasteiger partial charge in [-0.05, 0) is 42.6 Å². The lowest BCUT2D eigenvalue weighted by Gasteiger charge is -2.36. The van der Waals surface area contributed by atoms with Crippen molar-refractivity contribution in [3.05, 3.63) is 23.8 Å². The molecule has 9 heteroatoms. The molecule has 1 saturated heterocycles. The smallest absolute Gasteiger partial charge is 0.376 e. The van der Waals surface area contributed by atoms with Crippen LogP contribution in [0, 0.1) is 0 Å². The second kappa shape index (κ2) is 5.24. The summed E-state index contributed by atoms with van der Waals surface area (Å²) < 4.78 is 38.9. The van der Waals surface area contributed by atoms with Gasteiger partial charge in [0, 0.05) is 16.7 Å². The number of benzene rings is 1. The van der Waals surface area contributed by atoms with Gasteiger partial charge in [-0.15, -0.1) is 11.8 Å². The van der Waals surface area contributed by atoms with E-state index < -0.39 is 11.7 Å². The van der Waals surface area contributed by atoms with Crippen LogP contribution in [0.2, 0.25) is 0 Å². The Morgan fingerprint density at radius 3 is 2.68 bits per heavy atom. The minimum Gasteiger partial charge on any atom is -0.376 e. The molecule has 2 aliphatic rings. The van der Waals surface area contributed by atoms with E-state index in [4.69, 9.17) is 30.2 Å². The third-order valence-corrected chi connectivity index (χ3v) is 5.73. The highest BCUT2D eigenvalue weighted by Crippen LogP contribution is 2.46. The summed E-state index contributed by atoms with van der Waals surface area (Å²) in [4.78, 5) is 4.13. The number of fused-ring (bicyclic) bond motifs is 3. The molecule has 3 rings (SSSR count). The summed E-state index contributed by atoms with van der Waals surface area (Å²) in [6.07, 6.45) is -4.39. The van der Waals surface area contributed by atoms with Crippen molar-refractivity contribution in [2.24, 2.45) is 5.73 Å². The molecule has 1 aromatic rings. The number of alkyl halides is 3. The van der Waals surface area contributed by atoms with Crippen LogP contribution in [0.5, 0.6) is 0 Å². The molecule has 2 aliphatic heterocycles. The topological polar surface area (TPSA) is 32.5 Å². The fourth-order valence-electron chi connectivity index (χ4n) is 2.70. The van der Waals surface area contributed by atoms with Gasteiger partial charge in [-0.25, -0.2) is 0 Å². The third kappa shape index (κ3) is 2.44. The molecule has 2 N–H and O–H groups in total. The van der Waals surface area contributed by atoms with Crippen molar-refractivity contribution in [2.75, 3.05) is 11.4 Å². The van der Waals surface area contributed by atoms with Crippen LogP contribution < -0.4 is 10.6 Å². The highest BCUT2D eigenvalue weighted by molar-refractivity contribution is 8.00. The van der Waals surface area contributed by atoms with Crippen LogP contribution in [-0.2, 0) is 6.18 Å². The molecule has 2 heterocycles. The monoisotopic (exact) mass is 363 g/mol. The number of halogens is 3. The average molecular weight is 363 g/mol. The Hall–Kier alpha value is -1.06. The Kier molecular flexibility index (Phi) is 3.77. The summed E-state index contributed by atoms with van der Waals surface area (Å²) in [7, 11) is 0. The van der Waals surface area contributed by atoms with Crippen molar-refractivity contribution in [1.29, 1.82) is 0 Å².